The second-order valence-corrected chi connectivity index (χ2v) is 7.60. The van der Waals surface area contributed by atoms with E-state index in [4.69, 9.17) is 16.0 Å². The highest BCUT2D eigenvalue weighted by molar-refractivity contribution is 7.99. The minimum absolute atomic E-state index is 0.687. The molecular formula is C19H15ClN2OS. The number of aromatic amines is 1. The number of aromatic nitrogens is 1. The number of furan rings is 1. The zero-order chi connectivity index (χ0) is 16.1. The molecule has 3 nitrogen and oxygen atoms in total. The van der Waals surface area contributed by atoms with Crippen LogP contribution in [0.5, 0.6) is 0 Å². The van der Waals surface area contributed by atoms with Crippen LogP contribution in [0.1, 0.15) is 11.3 Å². The Labute approximate surface area is 148 Å². The summed E-state index contributed by atoms with van der Waals surface area (Å²) in [6, 6.07) is 12.7. The van der Waals surface area contributed by atoms with E-state index in [2.05, 4.69) is 40.6 Å². The van der Waals surface area contributed by atoms with Crippen LogP contribution in [0, 0.1) is 0 Å². The van der Waals surface area contributed by atoms with Crippen LogP contribution in [0.2, 0.25) is 5.02 Å². The highest BCUT2D eigenvalue weighted by atomic mass is 35.5. The first-order valence-electron chi connectivity index (χ1n) is 7.97. The maximum Gasteiger partial charge on any atom is 0.153 e. The standard InChI is InChI=1S/C19H15ClN2OS/c20-16-9-13(24-12-1-2-17-11(7-12)3-6-22-17)8-14-15-10-21-5-4-18(15)23-19(14)16/h1-3,6-9,21-22H,4-5,10H2. The molecule has 3 heterocycles. The number of nitrogens with one attached hydrogen (secondary N) is 2. The lowest BCUT2D eigenvalue weighted by Crippen LogP contribution is -2.22. The van der Waals surface area contributed by atoms with Crippen molar-refractivity contribution >= 4 is 45.2 Å². The Morgan fingerprint density at radius 1 is 1.08 bits per heavy atom. The molecule has 0 bridgehead atoms. The van der Waals surface area contributed by atoms with Gasteiger partial charge in [0.2, 0.25) is 0 Å². The zero-order valence-corrected chi connectivity index (χ0v) is 14.4. The summed E-state index contributed by atoms with van der Waals surface area (Å²) in [5.41, 5.74) is 3.22. The Morgan fingerprint density at radius 3 is 3.00 bits per heavy atom. The summed E-state index contributed by atoms with van der Waals surface area (Å²) >= 11 is 8.22. The van der Waals surface area contributed by atoms with Crippen molar-refractivity contribution in [2.45, 2.75) is 22.8 Å². The van der Waals surface area contributed by atoms with Gasteiger partial charge in [0.1, 0.15) is 5.76 Å². The van der Waals surface area contributed by atoms with Gasteiger partial charge in [0.05, 0.1) is 5.02 Å². The van der Waals surface area contributed by atoms with Crippen molar-refractivity contribution in [1.29, 1.82) is 0 Å². The molecule has 0 radical (unpaired) electrons. The molecule has 0 saturated carbocycles. The molecule has 0 atom stereocenters. The molecule has 2 aromatic carbocycles. The fraction of sp³-hybridized carbons (Fsp3) is 0.158. The van der Waals surface area contributed by atoms with Gasteiger partial charge < -0.3 is 14.7 Å². The number of halogens is 1. The van der Waals surface area contributed by atoms with Gasteiger partial charge in [0.25, 0.3) is 0 Å². The smallest absolute Gasteiger partial charge is 0.153 e. The molecule has 0 amide bonds. The molecule has 120 valence electrons. The molecule has 4 aromatic rings. The summed E-state index contributed by atoms with van der Waals surface area (Å²) < 4.78 is 5.99. The van der Waals surface area contributed by atoms with Gasteiger partial charge in [0.15, 0.2) is 5.58 Å². The summed E-state index contributed by atoms with van der Waals surface area (Å²) in [6.07, 6.45) is 2.89. The number of hydrogen-bond acceptors (Lipinski definition) is 3. The van der Waals surface area contributed by atoms with Crippen LogP contribution in [0.4, 0.5) is 0 Å². The lowest BCUT2D eigenvalue weighted by atomic mass is 10.1. The van der Waals surface area contributed by atoms with Crippen molar-refractivity contribution in [1.82, 2.24) is 10.3 Å². The molecule has 5 heteroatoms. The van der Waals surface area contributed by atoms with E-state index >= 15 is 0 Å². The van der Waals surface area contributed by atoms with Gasteiger partial charge in [-0.2, -0.15) is 0 Å². The van der Waals surface area contributed by atoms with Gasteiger partial charge in [-0.15, -0.1) is 0 Å². The second kappa shape index (κ2) is 5.59. The van der Waals surface area contributed by atoms with E-state index < -0.39 is 0 Å². The van der Waals surface area contributed by atoms with E-state index in [0.717, 1.165) is 46.7 Å². The number of rotatable bonds is 2. The Hall–Kier alpha value is -1.88. The molecule has 2 aromatic heterocycles. The van der Waals surface area contributed by atoms with Gasteiger partial charge in [-0.05, 0) is 36.4 Å². The molecule has 0 fully saturated rings. The molecule has 0 saturated heterocycles. The second-order valence-electron chi connectivity index (χ2n) is 6.04. The van der Waals surface area contributed by atoms with Crippen molar-refractivity contribution in [3.8, 4) is 0 Å². The van der Waals surface area contributed by atoms with Crippen LogP contribution in [-0.2, 0) is 13.0 Å². The Morgan fingerprint density at radius 2 is 2.04 bits per heavy atom. The average Bonchev–Trinajstić information content (AvgIpc) is 3.19. The van der Waals surface area contributed by atoms with Gasteiger partial charge in [-0.1, -0.05) is 23.4 Å². The normalized spacial score (nSPS) is 14.4. The number of benzene rings is 2. The molecule has 0 aliphatic carbocycles. The highest BCUT2D eigenvalue weighted by Crippen LogP contribution is 2.39. The summed E-state index contributed by atoms with van der Waals surface area (Å²) in [5.74, 6) is 1.07. The quantitative estimate of drug-likeness (QED) is 0.508. The van der Waals surface area contributed by atoms with Crippen LogP contribution in [0.15, 0.2) is 56.8 Å². The Kier molecular flexibility index (Phi) is 3.37. The van der Waals surface area contributed by atoms with E-state index in [-0.39, 0.29) is 0 Å². The third kappa shape index (κ3) is 2.34. The summed E-state index contributed by atoms with van der Waals surface area (Å²) in [7, 11) is 0. The lowest BCUT2D eigenvalue weighted by molar-refractivity contribution is 0.500. The van der Waals surface area contributed by atoms with E-state index in [1.807, 2.05) is 12.3 Å². The highest BCUT2D eigenvalue weighted by Gasteiger charge is 2.20. The predicted octanol–water partition coefficient (Wildman–Crippen LogP) is 5.36. The third-order valence-electron chi connectivity index (χ3n) is 4.50. The fourth-order valence-corrected chi connectivity index (χ4v) is 4.60. The molecule has 1 aliphatic rings. The number of fused-ring (bicyclic) bond motifs is 4. The number of H-pyrrole nitrogens is 1. The molecule has 5 rings (SSSR count). The van der Waals surface area contributed by atoms with Crippen LogP contribution < -0.4 is 5.32 Å². The first-order chi connectivity index (χ1) is 11.8. The Bertz CT molecular complexity index is 1070. The maximum absolute atomic E-state index is 6.49. The van der Waals surface area contributed by atoms with Gasteiger partial charge >= 0.3 is 0 Å². The van der Waals surface area contributed by atoms with Crippen molar-refractivity contribution in [2.24, 2.45) is 0 Å². The van der Waals surface area contributed by atoms with E-state index in [1.165, 1.54) is 15.8 Å². The largest absolute Gasteiger partial charge is 0.459 e. The Balaban J connectivity index is 1.58. The van der Waals surface area contributed by atoms with Crippen LogP contribution in [0.3, 0.4) is 0 Å². The minimum Gasteiger partial charge on any atom is -0.459 e. The summed E-state index contributed by atoms with van der Waals surface area (Å²) in [5, 5.41) is 6.45. The van der Waals surface area contributed by atoms with Crippen molar-refractivity contribution in [3.05, 3.63) is 58.9 Å². The van der Waals surface area contributed by atoms with E-state index in [0.29, 0.717) is 5.02 Å². The molecular weight excluding hydrogens is 340 g/mol. The average molecular weight is 355 g/mol. The first-order valence-corrected chi connectivity index (χ1v) is 9.17. The maximum atomic E-state index is 6.49. The monoisotopic (exact) mass is 354 g/mol. The van der Waals surface area contributed by atoms with Crippen molar-refractivity contribution in [2.75, 3.05) is 6.54 Å². The van der Waals surface area contributed by atoms with Gasteiger partial charge in [-0.3, -0.25) is 0 Å². The molecule has 0 unspecified atom stereocenters. The van der Waals surface area contributed by atoms with Crippen molar-refractivity contribution in [3.63, 3.8) is 0 Å². The summed E-state index contributed by atoms with van der Waals surface area (Å²) in [4.78, 5) is 5.56. The number of hydrogen-bond donors (Lipinski definition) is 2. The molecule has 1 aliphatic heterocycles. The predicted molar refractivity (Wildman–Crippen MR) is 99.1 cm³/mol. The molecule has 0 spiro atoms. The molecule has 2 N–H and O–H groups in total. The molecule has 24 heavy (non-hydrogen) atoms. The van der Waals surface area contributed by atoms with Crippen LogP contribution in [-0.4, -0.2) is 11.5 Å². The summed E-state index contributed by atoms with van der Waals surface area (Å²) in [6.45, 7) is 1.81. The first kappa shape index (κ1) is 14.5. The SMILES string of the molecule is Clc1cc(Sc2ccc3[nH]ccc3c2)cc2c3c(oc12)CCNC3. The van der Waals surface area contributed by atoms with Gasteiger partial charge in [-0.25, -0.2) is 0 Å². The third-order valence-corrected chi connectivity index (χ3v) is 5.74. The lowest BCUT2D eigenvalue weighted by Gasteiger charge is -2.11. The minimum atomic E-state index is 0.687. The van der Waals surface area contributed by atoms with Gasteiger partial charge in [0, 0.05) is 57.4 Å². The van der Waals surface area contributed by atoms with Crippen LogP contribution >= 0.6 is 23.4 Å². The van der Waals surface area contributed by atoms with E-state index in [1.54, 1.807) is 11.8 Å². The zero-order valence-electron chi connectivity index (χ0n) is 12.9. The van der Waals surface area contributed by atoms with Crippen LogP contribution in [0.25, 0.3) is 21.9 Å². The van der Waals surface area contributed by atoms with Crippen molar-refractivity contribution < 1.29 is 4.42 Å². The van der Waals surface area contributed by atoms with E-state index in [9.17, 15) is 0 Å². The fourth-order valence-electron chi connectivity index (χ4n) is 3.33. The topological polar surface area (TPSA) is 41.0 Å².